The quantitative estimate of drug-likeness (QED) is 0.763. The molecule has 1 aromatic heterocycles. The minimum absolute atomic E-state index is 0.230. The number of amides is 1. The van der Waals surface area contributed by atoms with Crippen molar-refractivity contribution in [1.29, 1.82) is 0 Å². The number of nitrogens with one attached hydrogen (secondary N) is 1. The Bertz CT molecular complexity index is 678. The minimum atomic E-state index is -3.55. The van der Waals surface area contributed by atoms with E-state index in [0.717, 1.165) is 18.9 Å². The summed E-state index contributed by atoms with van der Waals surface area (Å²) in [6.45, 7) is 3.54. The zero-order valence-corrected chi connectivity index (χ0v) is 14.3. The van der Waals surface area contributed by atoms with Crippen molar-refractivity contribution in [3.63, 3.8) is 0 Å². The molecule has 0 bridgehead atoms. The van der Waals surface area contributed by atoms with Gasteiger partial charge in [0.25, 0.3) is 5.82 Å². The molecule has 1 amide bonds. The second-order valence-electron chi connectivity index (χ2n) is 6.09. The maximum atomic E-state index is 12.7. The average molecular weight is 355 g/mol. The molecule has 24 heavy (non-hydrogen) atoms. The summed E-state index contributed by atoms with van der Waals surface area (Å²) >= 11 is 0. The molecular weight excluding hydrogens is 332 g/mol. The molecule has 3 N–H and O–H groups in total. The molecular formula is C15H23N4O4S+. The topological polar surface area (TPSA) is 107 Å². The van der Waals surface area contributed by atoms with Crippen molar-refractivity contribution in [2.24, 2.45) is 11.7 Å². The van der Waals surface area contributed by atoms with Crippen LogP contribution in [-0.2, 0) is 19.6 Å². The highest BCUT2D eigenvalue weighted by Gasteiger charge is 2.32. The number of primary amides is 1. The number of rotatable bonds is 4. The van der Waals surface area contributed by atoms with E-state index in [2.05, 4.69) is 9.88 Å². The first-order valence-electron chi connectivity index (χ1n) is 8.12. The van der Waals surface area contributed by atoms with Gasteiger partial charge in [0.05, 0.1) is 13.2 Å². The molecule has 2 aliphatic heterocycles. The molecule has 2 saturated heterocycles. The van der Waals surface area contributed by atoms with Gasteiger partial charge in [0, 0.05) is 25.1 Å². The van der Waals surface area contributed by atoms with Gasteiger partial charge in [-0.15, -0.1) is 0 Å². The maximum Gasteiger partial charge on any atom is 0.274 e. The molecule has 0 aromatic carbocycles. The van der Waals surface area contributed by atoms with E-state index in [-0.39, 0.29) is 16.7 Å². The highest BCUT2D eigenvalue weighted by Crippen LogP contribution is 2.23. The molecule has 9 heteroatoms. The van der Waals surface area contributed by atoms with Crippen LogP contribution in [0.5, 0.6) is 0 Å². The Labute approximate surface area is 141 Å². The van der Waals surface area contributed by atoms with E-state index in [4.69, 9.17) is 10.5 Å². The molecule has 1 aromatic rings. The van der Waals surface area contributed by atoms with Crippen LogP contribution in [0.2, 0.25) is 0 Å². The second-order valence-corrected chi connectivity index (χ2v) is 8.03. The summed E-state index contributed by atoms with van der Waals surface area (Å²) in [5, 5.41) is 0. The van der Waals surface area contributed by atoms with Crippen molar-refractivity contribution in [2.45, 2.75) is 17.7 Å². The number of hydrogen-bond acceptors (Lipinski definition) is 5. The Hall–Kier alpha value is -1.71. The van der Waals surface area contributed by atoms with E-state index >= 15 is 0 Å². The number of carbonyl (C=O) groups is 1. The highest BCUT2D eigenvalue weighted by molar-refractivity contribution is 7.89. The molecule has 132 valence electrons. The number of aromatic amines is 1. The van der Waals surface area contributed by atoms with Gasteiger partial charge in [-0.2, -0.15) is 4.31 Å². The number of nitrogens with two attached hydrogens (primary N) is 1. The summed E-state index contributed by atoms with van der Waals surface area (Å²) in [6, 6.07) is 3.41. The predicted molar refractivity (Wildman–Crippen MR) is 86.7 cm³/mol. The van der Waals surface area contributed by atoms with Crippen LogP contribution in [0.3, 0.4) is 0 Å². The van der Waals surface area contributed by atoms with E-state index in [1.54, 1.807) is 12.1 Å². The fourth-order valence-corrected chi connectivity index (χ4v) is 4.53. The van der Waals surface area contributed by atoms with E-state index in [9.17, 15) is 13.2 Å². The largest absolute Gasteiger partial charge is 0.373 e. The van der Waals surface area contributed by atoms with Crippen LogP contribution in [0.4, 0.5) is 5.82 Å². The van der Waals surface area contributed by atoms with Crippen LogP contribution >= 0.6 is 0 Å². The maximum absolute atomic E-state index is 12.7. The Morgan fingerprint density at radius 3 is 2.38 bits per heavy atom. The fourth-order valence-electron chi connectivity index (χ4n) is 3.09. The number of anilines is 1. The molecule has 2 fully saturated rings. The summed E-state index contributed by atoms with van der Waals surface area (Å²) in [5.74, 6) is 0.298. The standard InChI is InChI=1S/C15H22N4O4S/c16-15(20)12-3-5-19(6-4-12)24(21,22)13-1-2-14(17-11-13)18-7-9-23-10-8-18/h1-2,11-12H,3-10H2,(H2,16,20)/p+1. The van der Waals surface area contributed by atoms with Gasteiger partial charge in [-0.05, 0) is 18.9 Å². The van der Waals surface area contributed by atoms with Crippen LogP contribution in [0.1, 0.15) is 12.8 Å². The molecule has 0 atom stereocenters. The molecule has 0 aliphatic carbocycles. The first kappa shape index (κ1) is 17.1. The first-order valence-corrected chi connectivity index (χ1v) is 9.56. The third-order valence-corrected chi connectivity index (χ3v) is 6.51. The number of sulfonamides is 1. The van der Waals surface area contributed by atoms with Crippen molar-refractivity contribution in [1.82, 2.24) is 4.31 Å². The first-order chi connectivity index (χ1) is 11.5. The van der Waals surface area contributed by atoms with Crippen molar-refractivity contribution < 1.29 is 22.9 Å². The Morgan fingerprint density at radius 1 is 1.17 bits per heavy atom. The SMILES string of the molecule is NC(=O)C1CCN(S(=O)(=O)c2ccc(N3CCOCC3)[nH+]c2)CC1. The Morgan fingerprint density at radius 2 is 1.83 bits per heavy atom. The van der Waals surface area contributed by atoms with Gasteiger partial charge in [0.15, 0.2) is 0 Å². The summed E-state index contributed by atoms with van der Waals surface area (Å²) < 4.78 is 32.1. The lowest BCUT2D eigenvalue weighted by Crippen LogP contribution is -2.42. The third-order valence-electron chi connectivity index (χ3n) is 4.61. The zero-order valence-electron chi connectivity index (χ0n) is 13.5. The van der Waals surface area contributed by atoms with Crippen molar-refractivity contribution >= 4 is 21.7 Å². The van der Waals surface area contributed by atoms with Crippen molar-refractivity contribution in [3.05, 3.63) is 18.3 Å². The lowest BCUT2D eigenvalue weighted by Gasteiger charge is -2.29. The van der Waals surface area contributed by atoms with Gasteiger partial charge in [-0.1, -0.05) is 0 Å². The Kier molecular flexibility index (Phi) is 5.02. The Balaban J connectivity index is 1.69. The average Bonchev–Trinajstić information content (AvgIpc) is 2.62. The second kappa shape index (κ2) is 7.04. The smallest absolute Gasteiger partial charge is 0.274 e. The number of ether oxygens (including phenoxy) is 1. The van der Waals surface area contributed by atoms with Gasteiger partial charge in [0.2, 0.25) is 15.9 Å². The number of piperidine rings is 1. The molecule has 0 radical (unpaired) electrons. The molecule has 0 saturated carbocycles. The minimum Gasteiger partial charge on any atom is -0.373 e. The predicted octanol–water partition coefficient (Wildman–Crippen LogP) is -0.777. The lowest BCUT2D eigenvalue weighted by atomic mass is 9.98. The van der Waals surface area contributed by atoms with Crippen LogP contribution in [0, 0.1) is 5.92 Å². The van der Waals surface area contributed by atoms with Gasteiger partial charge < -0.3 is 10.5 Å². The number of hydrogen-bond donors (Lipinski definition) is 1. The third kappa shape index (κ3) is 3.52. The fraction of sp³-hybridized carbons (Fsp3) is 0.600. The number of carbonyl (C=O) groups excluding carboxylic acids is 1. The summed E-state index contributed by atoms with van der Waals surface area (Å²) in [5.41, 5.74) is 5.29. The van der Waals surface area contributed by atoms with E-state index in [0.29, 0.717) is 39.1 Å². The number of pyridine rings is 1. The van der Waals surface area contributed by atoms with Crippen LogP contribution in [0.25, 0.3) is 0 Å². The molecule has 3 heterocycles. The number of morpholine rings is 1. The number of aromatic nitrogens is 1. The van der Waals surface area contributed by atoms with Crippen LogP contribution in [-0.4, -0.2) is 58.0 Å². The van der Waals surface area contributed by atoms with Crippen LogP contribution in [0.15, 0.2) is 23.2 Å². The van der Waals surface area contributed by atoms with E-state index in [1.807, 2.05) is 0 Å². The summed E-state index contributed by atoms with van der Waals surface area (Å²) in [7, 11) is -3.55. The zero-order chi connectivity index (χ0) is 17.2. The van der Waals surface area contributed by atoms with Crippen molar-refractivity contribution in [3.8, 4) is 0 Å². The van der Waals surface area contributed by atoms with Gasteiger partial charge in [-0.3, -0.25) is 9.69 Å². The lowest BCUT2D eigenvalue weighted by molar-refractivity contribution is -0.367. The normalized spacial score (nSPS) is 20.9. The van der Waals surface area contributed by atoms with Crippen LogP contribution < -0.4 is 15.6 Å². The monoisotopic (exact) mass is 355 g/mol. The van der Waals surface area contributed by atoms with Gasteiger partial charge in [-0.25, -0.2) is 13.4 Å². The molecule has 0 spiro atoms. The summed E-state index contributed by atoms with van der Waals surface area (Å²) in [4.78, 5) is 16.6. The van der Waals surface area contributed by atoms with E-state index in [1.165, 1.54) is 10.5 Å². The van der Waals surface area contributed by atoms with Gasteiger partial charge in [0.1, 0.15) is 24.2 Å². The number of nitrogens with zero attached hydrogens (tertiary/aromatic N) is 2. The molecule has 3 rings (SSSR count). The molecule has 2 aliphatic rings. The van der Waals surface area contributed by atoms with Gasteiger partial charge >= 0.3 is 0 Å². The number of H-pyrrole nitrogens is 1. The molecule has 8 nitrogen and oxygen atoms in total. The van der Waals surface area contributed by atoms with Crippen molar-refractivity contribution in [2.75, 3.05) is 44.3 Å². The summed E-state index contributed by atoms with van der Waals surface area (Å²) in [6.07, 6.45) is 2.48. The molecule has 0 unspecified atom stereocenters. The highest BCUT2D eigenvalue weighted by atomic mass is 32.2. The van der Waals surface area contributed by atoms with E-state index < -0.39 is 10.0 Å².